The highest BCUT2D eigenvalue weighted by atomic mass is 16.6. The molecule has 0 aromatic carbocycles. The van der Waals surface area contributed by atoms with Crippen LogP contribution in [0.25, 0.3) is 0 Å². The van der Waals surface area contributed by atoms with Gasteiger partial charge in [-0.1, -0.05) is 353 Å². The average molecular weight is 1150 g/mol. The molecule has 0 aliphatic rings. The summed E-state index contributed by atoms with van der Waals surface area (Å²) in [5.41, 5.74) is 0. The summed E-state index contributed by atoms with van der Waals surface area (Å²) in [5.74, 6) is -0.853. The van der Waals surface area contributed by atoms with Gasteiger partial charge in [0.05, 0.1) is 0 Å². The molecule has 0 heterocycles. The van der Waals surface area contributed by atoms with Crippen LogP contribution in [-0.4, -0.2) is 37.2 Å². The lowest BCUT2D eigenvalue weighted by atomic mass is 10.0. The fraction of sp³-hybridized carbons (Fsp3) is 0.882. The van der Waals surface area contributed by atoms with Gasteiger partial charge in [-0.2, -0.15) is 0 Å². The van der Waals surface area contributed by atoms with Crippen molar-refractivity contribution in [3.8, 4) is 0 Å². The Morgan fingerprint density at radius 3 is 0.695 bits per heavy atom. The van der Waals surface area contributed by atoms with E-state index in [1.54, 1.807) is 0 Å². The molecule has 0 saturated carbocycles. The number of hydrogen-bond acceptors (Lipinski definition) is 6. The van der Waals surface area contributed by atoms with Crippen LogP contribution in [0, 0.1) is 0 Å². The van der Waals surface area contributed by atoms with E-state index in [1.807, 2.05) is 0 Å². The average Bonchev–Trinajstić information content (AvgIpc) is 3.47. The van der Waals surface area contributed by atoms with Gasteiger partial charge >= 0.3 is 17.9 Å². The maximum atomic E-state index is 12.9. The number of ether oxygens (including phenoxy) is 3. The lowest BCUT2D eigenvalue weighted by molar-refractivity contribution is -0.167. The standard InChI is InChI=1S/C76H142O6/c1-4-7-10-13-16-19-22-25-28-31-32-33-34-35-36-37-38-39-40-41-42-43-44-46-48-51-54-57-60-63-66-69-75(78)81-72-73(71-80-74(77)68-65-62-59-56-53-50-47-30-27-24-21-18-15-12-9-6-3)82-76(79)70-67-64-61-58-55-52-49-45-29-26-23-20-17-14-11-8-5-2/h21,24,30-32,47,73H,4-20,22-23,25-29,33-46,48-72H2,1-3H3/b24-21-,32-31-,47-30-. The minimum absolute atomic E-state index is 0.0707. The zero-order chi connectivity index (χ0) is 59.2. The fourth-order valence-electron chi connectivity index (χ4n) is 11.3. The Morgan fingerprint density at radius 1 is 0.244 bits per heavy atom. The molecule has 482 valence electrons. The van der Waals surface area contributed by atoms with Crippen molar-refractivity contribution in [1.82, 2.24) is 0 Å². The molecule has 0 spiro atoms. The molecular weight excluding hydrogens is 1010 g/mol. The van der Waals surface area contributed by atoms with Crippen LogP contribution in [0.2, 0.25) is 0 Å². The lowest BCUT2D eigenvalue weighted by Crippen LogP contribution is -2.30. The van der Waals surface area contributed by atoms with Crippen molar-refractivity contribution in [2.45, 2.75) is 419 Å². The molecule has 0 aliphatic heterocycles. The summed E-state index contributed by atoms with van der Waals surface area (Å²) in [5, 5.41) is 0. The first-order chi connectivity index (χ1) is 40.5. The van der Waals surface area contributed by atoms with E-state index in [0.717, 1.165) is 77.0 Å². The third-order valence-electron chi connectivity index (χ3n) is 16.9. The molecule has 0 aromatic rings. The summed E-state index contributed by atoms with van der Waals surface area (Å²) >= 11 is 0. The molecule has 0 amide bonds. The minimum atomic E-state index is -0.776. The fourth-order valence-corrected chi connectivity index (χ4v) is 11.3. The quantitative estimate of drug-likeness (QED) is 0.0261. The summed E-state index contributed by atoms with van der Waals surface area (Å²) in [6.45, 7) is 6.69. The number of rotatable bonds is 69. The number of esters is 3. The van der Waals surface area contributed by atoms with Crippen LogP contribution in [0.3, 0.4) is 0 Å². The largest absolute Gasteiger partial charge is 0.462 e. The van der Waals surface area contributed by atoms with E-state index in [9.17, 15) is 14.4 Å². The summed E-state index contributed by atoms with van der Waals surface area (Å²) in [7, 11) is 0. The predicted octanol–water partition coefficient (Wildman–Crippen LogP) is 25.5. The van der Waals surface area contributed by atoms with Crippen LogP contribution >= 0.6 is 0 Å². The van der Waals surface area contributed by atoms with Gasteiger partial charge in [-0.3, -0.25) is 14.4 Å². The third kappa shape index (κ3) is 68.4. The third-order valence-corrected chi connectivity index (χ3v) is 16.9. The topological polar surface area (TPSA) is 78.9 Å². The van der Waals surface area contributed by atoms with Gasteiger partial charge in [0, 0.05) is 19.3 Å². The molecule has 0 bridgehead atoms. The Labute approximate surface area is 512 Å². The van der Waals surface area contributed by atoms with E-state index in [-0.39, 0.29) is 31.1 Å². The maximum Gasteiger partial charge on any atom is 0.306 e. The van der Waals surface area contributed by atoms with Crippen molar-refractivity contribution < 1.29 is 28.6 Å². The zero-order valence-corrected chi connectivity index (χ0v) is 55.5. The SMILES string of the molecule is CCCCCC/C=C\C/C=C\CCCCCCCC(=O)OCC(COC(=O)CCCCCCCCCCCCCCCCCCCCC/C=C\CCCCCCCCCC)OC(=O)CCCCCCCCCCCCCCCCCCC. The highest BCUT2D eigenvalue weighted by molar-refractivity contribution is 5.71. The molecule has 0 fully saturated rings. The van der Waals surface area contributed by atoms with Crippen molar-refractivity contribution >= 4 is 17.9 Å². The first kappa shape index (κ1) is 79.6. The van der Waals surface area contributed by atoms with E-state index >= 15 is 0 Å². The Hall–Kier alpha value is -2.37. The van der Waals surface area contributed by atoms with Crippen molar-refractivity contribution in [3.05, 3.63) is 36.5 Å². The Morgan fingerprint density at radius 2 is 0.439 bits per heavy atom. The number of unbranched alkanes of at least 4 members (excludes halogenated alkanes) is 52. The van der Waals surface area contributed by atoms with Crippen molar-refractivity contribution in [1.29, 1.82) is 0 Å². The molecule has 0 aliphatic carbocycles. The molecule has 82 heavy (non-hydrogen) atoms. The first-order valence-corrected chi connectivity index (χ1v) is 37.0. The van der Waals surface area contributed by atoms with Crippen molar-refractivity contribution in [2.75, 3.05) is 13.2 Å². The van der Waals surface area contributed by atoms with E-state index in [0.29, 0.717) is 19.3 Å². The van der Waals surface area contributed by atoms with Gasteiger partial charge in [0.1, 0.15) is 13.2 Å². The second-order valence-electron chi connectivity index (χ2n) is 25.2. The van der Waals surface area contributed by atoms with Crippen molar-refractivity contribution in [2.24, 2.45) is 0 Å². The summed E-state index contributed by atoms with van der Waals surface area (Å²) in [6, 6.07) is 0. The van der Waals surface area contributed by atoms with Crippen LogP contribution in [-0.2, 0) is 28.6 Å². The van der Waals surface area contributed by atoms with E-state index in [2.05, 4.69) is 57.2 Å². The van der Waals surface area contributed by atoms with Gasteiger partial charge in [0.2, 0.25) is 0 Å². The Kier molecular flexibility index (Phi) is 69.1. The Balaban J connectivity index is 4.18. The number of carbonyl (C=O) groups is 3. The van der Waals surface area contributed by atoms with Crippen LogP contribution < -0.4 is 0 Å². The van der Waals surface area contributed by atoms with Crippen LogP contribution in [0.4, 0.5) is 0 Å². The Bertz CT molecular complexity index is 1370. The smallest absolute Gasteiger partial charge is 0.306 e. The normalized spacial score (nSPS) is 12.2. The highest BCUT2D eigenvalue weighted by Gasteiger charge is 2.19. The molecule has 0 rings (SSSR count). The van der Waals surface area contributed by atoms with Crippen molar-refractivity contribution in [3.63, 3.8) is 0 Å². The van der Waals surface area contributed by atoms with Gasteiger partial charge in [-0.05, 0) is 77.0 Å². The van der Waals surface area contributed by atoms with Gasteiger partial charge in [0.15, 0.2) is 6.10 Å². The molecular formula is C76H142O6. The molecule has 0 aromatic heterocycles. The maximum absolute atomic E-state index is 12.9. The molecule has 0 saturated heterocycles. The number of carbonyl (C=O) groups excluding carboxylic acids is 3. The van der Waals surface area contributed by atoms with Gasteiger partial charge in [-0.25, -0.2) is 0 Å². The van der Waals surface area contributed by atoms with Crippen LogP contribution in [0.5, 0.6) is 0 Å². The second-order valence-corrected chi connectivity index (χ2v) is 25.2. The van der Waals surface area contributed by atoms with Gasteiger partial charge < -0.3 is 14.2 Å². The van der Waals surface area contributed by atoms with E-state index in [1.165, 1.54) is 295 Å². The highest BCUT2D eigenvalue weighted by Crippen LogP contribution is 2.19. The van der Waals surface area contributed by atoms with Crippen LogP contribution in [0.15, 0.2) is 36.5 Å². The van der Waals surface area contributed by atoms with E-state index in [4.69, 9.17) is 14.2 Å². The molecule has 0 N–H and O–H groups in total. The monoisotopic (exact) mass is 1150 g/mol. The second kappa shape index (κ2) is 71.1. The summed E-state index contributed by atoms with van der Waals surface area (Å²) < 4.78 is 17.0. The predicted molar refractivity (Wildman–Crippen MR) is 358 cm³/mol. The summed E-state index contributed by atoms with van der Waals surface area (Å²) in [6.07, 6.45) is 89.0. The molecule has 6 heteroatoms. The number of allylic oxidation sites excluding steroid dienone is 6. The van der Waals surface area contributed by atoms with Gasteiger partial charge in [0.25, 0.3) is 0 Å². The zero-order valence-electron chi connectivity index (χ0n) is 55.5. The molecule has 0 radical (unpaired) electrons. The first-order valence-electron chi connectivity index (χ1n) is 37.0. The summed E-state index contributed by atoms with van der Waals surface area (Å²) in [4.78, 5) is 38.5. The molecule has 6 nitrogen and oxygen atoms in total. The molecule has 1 atom stereocenters. The van der Waals surface area contributed by atoms with Gasteiger partial charge in [-0.15, -0.1) is 0 Å². The lowest BCUT2D eigenvalue weighted by Gasteiger charge is -2.18. The number of hydrogen-bond donors (Lipinski definition) is 0. The van der Waals surface area contributed by atoms with E-state index < -0.39 is 6.10 Å². The van der Waals surface area contributed by atoms with Crippen LogP contribution in [0.1, 0.15) is 412 Å². The molecule has 1 unspecified atom stereocenters. The minimum Gasteiger partial charge on any atom is -0.462 e.